The highest BCUT2D eigenvalue weighted by Gasteiger charge is 2.35. The van der Waals surface area contributed by atoms with Gasteiger partial charge >= 0.3 is 5.97 Å². The lowest BCUT2D eigenvalue weighted by Gasteiger charge is -2.22. The second kappa shape index (κ2) is 7.13. The number of benzene rings is 1. The SMILES string of the molecule is CC(=O)NC1CCN(S(=O)(=O)c2c(C)cc(C)c(CC(=O)O)c2C)C1. The molecule has 0 bridgehead atoms. The van der Waals surface area contributed by atoms with Gasteiger partial charge in [-0.05, 0) is 49.4 Å². The molecule has 1 aliphatic rings. The van der Waals surface area contributed by atoms with Crippen molar-refractivity contribution in [2.75, 3.05) is 13.1 Å². The van der Waals surface area contributed by atoms with Crippen molar-refractivity contribution in [1.29, 1.82) is 0 Å². The number of hydrogen-bond acceptors (Lipinski definition) is 4. The molecule has 1 heterocycles. The summed E-state index contributed by atoms with van der Waals surface area (Å²) in [7, 11) is -3.75. The Kier molecular flexibility index (Phi) is 5.53. The fraction of sp³-hybridized carbons (Fsp3) is 0.529. The second-order valence-electron chi connectivity index (χ2n) is 6.56. The van der Waals surface area contributed by atoms with Crippen molar-refractivity contribution in [3.05, 3.63) is 28.3 Å². The predicted octanol–water partition coefficient (Wildman–Crippen LogP) is 1.14. The third-order valence-corrected chi connectivity index (χ3v) is 6.70. The normalized spacial score (nSPS) is 18.3. The quantitative estimate of drug-likeness (QED) is 0.811. The van der Waals surface area contributed by atoms with Crippen LogP contribution in [0.2, 0.25) is 0 Å². The lowest BCUT2D eigenvalue weighted by Crippen LogP contribution is -2.37. The van der Waals surface area contributed by atoms with Crippen LogP contribution in [0.15, 0.2) is 11.0 Å². The fourth-order valence-corrected chi connectivity index (χ4v) is 5.46. The summed E-state index contributed by atoms with van der Waals surface area (Å²) >= 11 is 0. The van der Waals surface area contributed by atoms with E-state index in [1.165, 1.54) is 11.2 Å². The summed E-state index contributed by atoms with van der Waals surface area (Å²) in [5.41, 5.74) is 2.40. The molecule has 2 rings (SSSR count). The summed E-state index contributed by atoms with van der Waals surface area (Å²) in [6.07, 6.45) is 0.347. The molecule has 2 N–H and O–H groups in total. The lowest BCUT2D eigenvalue weighted by atomic mass is 9.97. The standard InChI is InChI=1S/C17H24N2O5S/c1-10-7-11(2)17(12(3)15(10)8-16(21)22)25(23,24)19-6-5-14(9-19)18-13(4)20/h7,14H,5-6,8-9H2,1-4H3,(H,18,20)(H,21,22). The van der Waals surface area contributed by atoms with Gasteiger partial charge in [0.1, 0.15) is 0 Å². The topological polar surface area (TPSA) is 104 Å². The van der Waals surface area contributed by atoms with E-state index in [0.717, 1.165) is 5.56 Å². The van der Waals surface area contributed by atoms with E-state index < -0.39 is 16.0 Å². The van der Waals surface area contributed by atoms with Gasteiger partial charge in [-0.2, -0.15) is 4.31 Å². The van der Waals surface area contributed by atoms with Gasteiger partial charge in [-0.15, -0.1) is 0 Å². The molecule has 1 fully saturated rings. The van der Waals surface area contributed by atoms with Crippen LogP contribution in [0.25, 0.3) is 0 Å². The van der Waals surface area contributed by atoms with E-state index in [4.69, 9.17) is 5.11 Å². The van der Waals surface area contributed by atoms with Crippen LogP contribution in [0.5, 0.6) is 0 Å². The highest BCUT2D eigenvalue weighted by molar-refractivity contribution is 7.89. The first kappa shape index (κ1) is 19.4. The molecule has 1 aliphatic heterocycles. The number of carbonyl (C=O) groups is 2. The minimum Gasteiger partial charge on any atom is -0.481 e. The Hall–Kier alpha value is -1.93. The molecule has 0 radical (unpaired) electrons. The summed E-state index contributed by atoms with van der Waals surface area (Å²) in [6.45, 7) is 7.13. The van der Waals surface area contributed by atoms with Crippen molar-refractivity contribution in [3.63, 3.8) is 0 Å². The molecule has 1 aromatic carbocycles. The number of sulfonamides is 1. The molecule has 1 unspecified atom stereocenters. The van der Waals surface area contributed by atoms with Crippen molar-refractivity contribution < 1.29 is 23.1 Å². The maximum atomic E-state index is 13.1. The average Bonchev–Trinajstić information content (AvgIpc) is 2.91. The Bertz CT molecular complexity index is 817. The molecule has 1 atom stereocenters. The van der Waals surface area contributed by atoms with Gasteiger partial charge in [0.05, 0.1) is 11.3 Å². The van der Waals surface area contributed by atoms with E-state index in [2.05, 4.69) is 5.32 Å². The summed E-state index contributed by atoms with van der Waals surface area (Å²) < 4.78 is 27.6. The molecule has 0 saturated carbocycles. The van der Waals surface area contributed by atoms with Crippen LogP contribution >= 0.6 is 0 Å². The van der Waals surface area contributed by atoms with Gasteiger partial charge in [-0.3, -0.25) is 9.59 Å². The molecule has 0 aliphatic carbocycles. The van der Waals surface area contributed by atoms with Crippen LogP contribution < -0.4 is 5.32 Å². The highest BCUT2D eigenvalue weighted by Crippen LogP contribution is 2.30. The molecule has 25 heavy (non-hydrogen) atoms. The summed E-state index contributed by atoms with van der Waals surface area (Å²) in [5.74, 6) is -1.18. The zero-order chi connectivity index (χ0) is 18.9. The Morgan fingerprint density at radius 3 is 2.48 bits per heavy atom. The van der Waals surface area contributed by atoms with Crippen LogP contribution in [-0.2, 0) is 26.0 Å². The molecule has 1 saturated heterocycles. The zero-order valence-electron chi connectivity index (χ0n) is 14.9. The first-order valence-corrected chi connectivity index (χ1v) is 9.56. The van der Waals surface area contributed by atoms with Crippen LogP contribution in [0.4, 0.5) is 0 Å². The van der Waals surface area contributed by atoms with E-state index in [0.29, 0.717) is 29.7 Å². The lowest BCUT2D eigenvalue weighted by molar-refractivity contribution is -0.136. The molecule has 1 aromatic rings. The van der Waals surface area contributed by atoms with Gasteiger partial charge in [0.25, 0.3) is 0 Å². The van der Waals surface area contributed by atoms with E-state index in [1.54, 1.807) is 26.8 Å². The number of carbonyl (C=O) groups excluding carboxylic acids is 1. The van der Waals surface area contributed by atoms with E-state index >= 15 is 0 Å². The average molecular weight is 368 g/mol. The monoisotopic (exact) mass is 368 g/mol. The van der Waals surface area contributed by atoms with E-state index in [9.17, 15) is 18.0 Å². The molecular formula is C17H24N2O5S. The van der Waals surface area contributed by atoms with Gasteiger partial charge in [0, 0.05) is 26.1 Å². The smallest absolute Gasteiger partial charge is 0.307 e. The molecule has 0 aromatic heterocycles. The number of aryl methyl sites for hydroxylation is 2. The maximum absolute atomic E-state index is 13.1. The number of rotatable bonds is 5. The maximum Gasteiger partial charge on any atom is 0.307 e. The number of carboxylic acids is 1. The largest absolute Gasteiger partial charge is 0.481 e. The molecule has 7 nitrogen and oxygen atoms in total. The minimum absolute atomic E-state index is 0.179. The Balaban J connectivity index is 2.43. The van der Waals surface area contributed by atoms with Gasteiger partial charge in [-0.1, -0.05) is 6.07 Å². The van der Waals surface area contributed by atoms with Crippen LogP contribution in [-0.4, -0.2) is 48.8 Å². The minimum atomic E-state index is -3.75. The van der Waals surface area contributed by atoms with Crippen molar-refractivity contribution in [2.45, 2.75) is 51.5 Å². The number of nitrogens with zero attached hydrogens (tertiary/aromatic N) is 1. The van der Waals surface area contributed by atoms with E-state index in [-0.39, 0.29) is 29.8 Å². The van der Waals surface area contributed by atoms with Gasteiger partial charge in [-0.25, -0.2) is 8.42 Å². The number of aliphatic carboxylic acids is 1. The third-order valence-electron chi connectivity index (χ3n) is 4.54. The van der Waals surface area contributed by atoms with Crippen molar-refractivity contribution in [1.82, 2.24) is 9.62 Å². The second-order valence-corrected chi connectivity index (χ2v) is 8.44. The molecule has 138 valence electrons. The molecule has 8 heteroatoms. The van der Waals surface area contributed by atoms with Gasteiger partial charge < -0.3 is 10.4 Å². The summed E-state index contributed by atoms with van der Waals surface area (Å²) in [6, 6.07) is 1.52. The van der Waals surface area contributed by atoms with Gasteiger partial charge in [0.15, 0.2) is 0 Å². The first-order chi connectivity index (χ1) is 11.5. The van der Waals surface area contributed by atoms with Gasteiger partial charge in [0.2, 0.25) is 15.9 Å². The summed E-state index contributed by atoms with van der Waals surface area (Å²) in [5, 5.41) is 11.9. The van der Waals surface area contributed by atoms with Crippen LogP contribution in [0.1, 0.15) is 35.6 Å². The highest BCUT2D eigenvalue weighted by atomic mass is 32.2. The van der Waals surface area contributed by atoms with E-state index in [1.807, 2.05) is 0 Å². The van der Waals surface area contributed by atoms with Crippen LogP contribution in [0, 0.1) is 20.8 Å². The Labute approximate surface area is 148 Å². The van der Waals surface area contributed by atoms with Crippen molar-refractivity contribution >= 4 is 21.9 Å². The third kappa shape index (κ3) is 4.01. The number of amides is 1. The first-order valence-electron chi connectivity index (χ1n) is 8.12. The van der Waals surface area contributed by atoms with Crippen molar-refractivity contribution in [2.24, 2.45) is 0 Å². The molecule has 0 spiro atoms. The summed E-state index contributed by atoms with van der Waals surface area (Å²) in [4.78, 5) is 22.5. The fourth-order valence-electron chi connectivity index (χ4n) is 3.51. The Morgan fingerprint density at radius 1 is 1.28 bits per heavy atom. The van der Waals surface area contributed by atoms with Crippen LogP contribution in [0.3, 0.4) is 0 Å². The molecular weight excluding hydrogens is 344 g/mol. The predicted molar refractivity (Wildman–Crippen MR) is 93.0 cm³/mol. The number of nitrogens with one attached hydrogen (secondary N) is 1. The Morgan fingerprint density at radius 2 is 1.92 bits per heavy atom. The number of hydrogen-bond donors (Lipinski definition) is 2. The van der Waals surface area contributed by atoms with Crippen molar-refractivity contribution in [3.8, 4) is 0 Å². The zero-order valence-corrected chi connectivity index (χ0v) is 15.7. The number of carboxylic acid groups (broad SMARTS) is 1. The molecule has 1 amide bonds.